The maximum atomic E-state index is 12.9. The number of nitrogens with one attached hydrogen (secondary N) is 3. The van der Waals surface area contributed by atoms with E-state index in [1.165, 1.54) is 23.8 Å². The Hall–Kier alpha value is -4.02. The molecule has 0 saturated carbocycles. The number of aromatic nitrogens is 4. The molecule has 0 atom stereocenters. The number of rotatable bonds is 5. The number of hydrogen-bond donors (Lipinski definition) is 3. The average Bonchev–Trinajstić information content (AvgIpc) is 3.36. The SMILES string of the molecule is COc1[nH]ncc1C(=O)Nc1ccc(Nc2cccc3nc(C(F)(F)F)cn23)cc1. The fraction of sp³-hybridized carbons (Fsp3) is 0.105. The lowest BCUT2D eigenvalue weighted by Crippen LogP contribution is -2.12. The van der Waals surface area contributed by atoms with E-state index in [0.717, 1.165) is 6.20 Å². The van der Waals surface area contributed by atoms with Crippen molar-refractivity contribution in [2.75, 3.05) is 17.7 Å². The first-order chi connectivity index (χ1) is 14.3. The normalized spacial score (nSPS) is 11.5. The van der Waals surface area contributed by atoms with Gasteiger partial charge in [0.15, 0.2) is 5.69 Å². The molecule has 1 amide bonds. The van der Waals surface area contributed by atoms with Crippen molar-refractivity contribution in [1.29, 1.82) is 0 Å². The molecule has 30 heavy (non-hydrogen) atoms. The first kappa shape index (κ1) is 19.3. The van der Waals surface area contributed by atoms with E-state index in [1.807, 2.05) is 0 Å². The number of benzene rings is 1. The summed E-state index contributed by atoms with van der Waals surface area (Å²) in [6, 6.07) is 11.4. The molecule has 0 aliphatic rings. The van der Waals surface area contributed by atoms with E-state index in [4.69, 9.17) is 4.74 Å². The van der Waals surface area contributed by atoms with Gasteiger partial charge in [0.05, 0.1) is 13.3 Å². The molecular weight excluding hydrogens is 401 g/mol. The summed E-state index contributed by atoms with van der Waals surface area (Å²) in [5.74, 6) is 0.261. The monoisotopic (exact) mass is 416 g/mol. The Morgan fingerprint density at radius 1 is 1.13 bits per heavy atom. The molecule has 3 N–H and O–H groups in total. The molecule has 0 bridgehead atoms. The summed E-state index contributed by atoms with van der Waals surface area (Å²) in [5, 5.41) is 12.1. The number of anilines is 3. The van der Waals surface area contributed by atoms with Crippen molar-refractivity contribution in [3.05, 3.63) is 66.1 Å². The van der Waals surface area contributed by atoms with Crippen LogP contribution >= 0.6 is 0 Å². The highest BCUT2D eigenvalue weighted by molar-refractivity contribution is 6.05. The molecule has 8 nitrogen and oxygen atoms in total. The molecule has 154 valence electrons. The van der Waals surface area contributed by atoms with Gasteiger partial charge in [0.1, 0.15) is 17.0 Å². The Morgan fingerprint density at radius 2 is 1.87 bits per heavy atom. The van der Waals surface area contributed by atoms with E-state index in [0.29, 0.717) is 17.2 Å². The minimum Gasteiger partial charge on any atom is -0.481 e. The highest BCUT2D eigenvalue weighted by Gasteiger charge is 2.34. The van der Waals surface area contributed by atoms with Gasteiger partial charge in [-0.15, -0.1) is 0 Å². The third-order valence-electron chi connectivity index (χ3n) is 4.25. The predicted octanol–water partition coefficient (Wildman–Crippen LogP) is 4.08. The third-order valence-corrected chi connectivity index (χ3v) is 4.25. The zero-order valence-electron chi connectivity index (χ0n) is 15.5. The number of imidazole rings is 1. The molecule has 1 aromatic carbocycles. The number of amides is 1. The summed E-state index contributed by atoms with van der Waals surface area (Å²) in [6.07, 6.45) is -2.24. The molecule has 0 aliphatic carbocycles. The van der Waals surface area contributed by atoms with Crippen molar-refractivity contribution in [2.45, 2.75) is 6.18 Å². The van der Waals surface area contributed by atoms with Gasteiger partial charge in [-0.3, -0.25) is 9.20 Å². The number of carbonyl (C=O) groups excluding carboxylic acids is 1. The topological polar surface area (TPSA) is 96.3 Å². The summed E-state index contributed by atoms with van der Waals surface area (Å²) in [4.78, 5) is 15.9. The van der Waals surface area contributed by atoms with Crippen LogP contribution in [0, 0.1) is 0 Å². The van der Waals surface area contributed by atoms with Crippen molar-refractivity contribution >= 4 is 28.7 Å². The van der Waals surface area contributed by atoms with Crippen LogP contribution < -0.4 is 15.4 Å². The fourth-order valence-corrected chi connectivity index (χ4v) is 2.82. The molecule has 3 aromatic heterocycles. The number of H-pyrrole nitrogens is 1. The van der Waals surface area contributed by atoms with Crippen molar-refractivity contribution in [1.82, 2.24) is 19.6 Å². The summed E-state index contributed by atoms with van der Waals surface area (Å²) in [5.41, 5.74) is 0.597. The van der Waals surface area contributed by atoms with Crippen molar-refractivity contribution in [3.63, 3.8) is 0 Å². The zero-order chi connectivity index (χ0) is 21.3. The Bertz CT molecular complexity index is 1200. The van der Waals surface area contributed by atoms with Gasteiger partial charge in [0.25, 0.3) is 5.91 Å². The minimum absolute atomic E-state index is 0.172. The van der Waals surface area contributed by atoms with Crippen LogP contribution in [0.25, 0.3) is 5.65 Å². The summed E-state index contributed by atoms with van der Waals surface area (Å²) >= 11 is 0. The third kappa shape index (κ3) is 3.77. The molecule has 0 radical (unpaired) electrons. The number of halogens is 3. The van der Waals surface area contributed by atoms with E-state index in [1.54, 1.807) is 36.4 Å². The van der Waals surface area contributed by atoms with Gasteiger partial charge in [-0.1, -0.05) is 6.07 Å². The Labute approximate surface area is 167 Å². The number of alkyl halides is 3. The van der Waals surface area contributed by atoms with Crippen molar-refractivity contribution < 1.29 is 22.7 Å². The zero-order valence-corrected chi connectivity index (χ0v) is 15.5. The molecule has 4 rings (SSSR count). The van der Waals surface area contributed by atoms with E-state index in [2.05, 4.69) is 25.8 Å². The van der Waals surface area contributed by atoms with Crippen molar-refractivity contribution in [3.8, 4) is 5.88 Å². The number of pyridine rings is 1. The molecule has 11 heteroatoms. The number of fused-ring (bicyclic) bond motifs is 1. The Balaban J connectivity index is 1.51. The lowest BCUT2D eigenvalue weighted by molar-refractivity contribution is -0.140. The maximum absolute atomic E-state index is 12.9. The average molecular weight is 416 g/mol. The largest absolute Gasteiger partial charge is 0.481 e. The van der Waals surface area contributed by atoms with E-state index in [-0.39, 0.29) is 17.1 Å². The van der Waals surface area contributed by atoms with Crippen LogP contribution in [-0.4, -0.2) is 32.6 Å². The van der Waals surface area contributed by atoms with Gasteiger partial charge in [-0.25, -0.2) is 10.1 Å². The minimum atomic E-state index is -4.53. The number of methoxy groups -OCH3 is 1. The van der Waals surface area contributed by atoms with Gasteiger partial charge in [-0.2, -0.15) is 18.3 Å². The molecule has 0 fully saturated rings. The van der Waals surface area contributed by atoms with E-state index in [9.17, 15) is 18.0 Å². The van der Waals surface area contributed by atoms with Crippen LogP contribution in [0.3, 0.4) is 0 Å². The van der Waals surface area contributed by atoms with E-state index >= 15 is 0 Å². The van der Waals surface area contributed by atoms with Crippen LogP contribution in [0.4, 0.5) is 30.4 Å². The smallest absolute Gasteiger partial charge is 0.434 e. The molecule has 4 aromatic rings. The number of nitrogens with zero attached hydrogens (tertiary/aromatic N) is 3. The summed E-state index contributed by atoms with van der Waals surface area (Å²) < 4.78 is 45.2. The summed E-state index contributed by atoms with van der Waals surface area (Å²) in [6.45, 7) is 0. The fourth-order valence-electron chi connectivity index (χ4n) is 2.82. The first-order valence-corrected chi connectivity index (χ1v) is 8.66. The second kappa shape index (κ2) is 7.43. The lowest BCUT2D eigenvalue weighted by atomic mass is 10.2. The van der Waals surface area contributed by atoms with Gasteiger partial charge in [0.2, 0.25) is 5.88 Å². The Morgan fingerprint density at radius 3 is 2.57 bits per heavy atom. The van der Waals surface area contributed by atoms with Crippen LogP contribution in [-0.2, 0) is 6.18 Å². The second-order valence-electron chi connectivity index (χ2n) is 6.24. The molecule has 0 unspecified atom stereocenters. The van der Waals surface area contributed by atoms with E-state index < -0.39 is 17.8 Å². The highest BCUT2D eigenvalue weighted by atomic mass is 19.4. The van der Waals surface area contributed by atoms with Crippen molar-refractivity contribution in [2.24, 2.45) is 0 Å². The maximum Gasteiger partial charge on any atom is 0.434 e. The number of ether oxygens (including phenoxy) is 1. The first-order valence-electron chi connectivity index (χ1n) is 8.66. The lowest BCUT2D eigenvalue weighted by Gasteiger charge is -2.10. The number of carbonyl (C=O) groups is 1. The Kier molecular flexibility index (Phi) is 4.78. The standard InChI is InChI=1S/C19H15F3N6O2/c1-30-18-13(9-23-27-18)17(29)25-12-7-5-11(6-8-12)24-15-3-2-4-16-26-14(10-28(15)16)19(20,21)22/h2-10,24H,1H3,(H,23,27)(H,25,29). The molecular formula is C19H15F3N6O2. The second-order valence-corrected chi connectivity index (χ2v) is 6.24. The van der Waals surface area contributed by atoms with Gasteiger partial charge in [-0.05, 0) is 36.4 Å². The van der Waals surface area contributed by atoms with Crippen LogP contribution in [0.5, 0.6) is 5.88 Å². The highest BCUT2D eigenvalue weighted by Crippen LogP contribution is 2.30. The van der Waals surface area contributed by atoms with Gasteiger partial charge in [0, 0.05) is 17.6 Å². The van der Waals surface area contributed by atoms with Crippen LogP contribution in [0.15, 0.2) is 54.9 Å². The predicted molar refractivity (Wildman–Crippen MR) is 103 cm³/mol. The quantitative estimate of drug-likeness (QED) is 0.456. The molecule has 0 saturated heterocycles. The molecule has 3 heterocycles. The van der Waals surface area contributed by atoms with Crippen LogP contribution in [0.2, 0.25) is 0 Å². The van der Waals surface area contributed by atoms with Gasteiger partial charge < -0.3 is 15.4 Å². The molecule has 0 aliphatic heterocycles. The summed E-state index contributed by atoms with van der Waals surface area (Å²) in [7, 11) is 1.42. The molecule has 0 spiro atoms. The van der Waals surface area contributed by atoms with Crippen LogP contribution in [0.1, 0.15) is 16.1 Å². The number of aromatic amines is 1. The van der Waals surface area contributed by atoms with Gasteiger partial charge >= 0.3 is 6.18 Å². The number of hydrogen-bond acceptors (Lipinski definition) is 5.